The minimum absolute atomic E-state index is 0.0998. The summed E-state index contributed by atoms with van der Waals surface area (Å²) >= 11 is 0. The van der Waals surface area contributed by atoms with Crippen LogP contribution in [0.1, 0.15) is 39.8 Å². The molecule has 21 nitrogen and oxygen atoms in total. The lowest BCUT2D eigenvalue weighted by Crippen LogP contribution is -2.60. The summed E-state index contributed by atoms with van der Waals surface area (Å²) in [5.41, 5.74) is 3.02. The van der Waals surface area contributed by atoms with Gasteiger partial charge in [-0.1, -0.05) is 24.3 Å². The molecule has 17 atom stereocenters. The van der Waals surface area contributed by atoms with Crippen molar-refractivity contribution in [1.29, 1.82) is 0 Å². The van der Waals surface area contributed by atoms with Gasteiger partial charge in [-0.05, 0) is 77.6 Å². The third-order valence-electron chi connectivity index (χ3n) is 12.5. The van der Waals surface area contributed by atoms with E-state index in [4.69, 9.17) is 33.2 Å². The number of rotatable bonds is 14. The van der Waals surface area contributed by atoms with Crippen LogP contribution in [0, 0.1) is 0 Å². The fourth-order valence-electron chi connectivity index (χ4n) is 8.78. The van der Waals surface area contributed by atoms with Crippen molar-refractivity contribution in [2.75, 3.05) is 19.8 Å². The van der Waals surface area contributed by atoms with Gasteiger partial charge >= 0.3 is 0 Å². The highest BCUT2D eigenvalue weighted by Crippen LogP contribution is 2.53. The highest BCUT2D eigenvalue weighted by atomic mass is 16.7. The first-order chi connectivity index (χ1) is 32.1. The largest absolute Gasteiger partial charge is 0.508 e. The number of ether oxygens (including phenoxy) is 7. The van der Waals surface area contributed by atoms with E-state index in [2.05, 4.69) is 0 Å². The van der Waals surface area contributed by atoms with Crippen LogP contribution < -0.4 is 18.9 Å². The van der Waals surface area contributed by atoms with Gasteiger partial charge in [0.05, 0.1) is 25.7 Å². The van der Waals surface area contributed by atoms with Crippen molar-refractivity contribution in [3.05, 3.63) is 107 Å². The molecule has 4 aliphatic heterocycles. The van der Waals surface area contributed by atoms with Gasteiger partial charge in [0.1, 0.15) is 114 Å². The molecule has 14 N–H and O–H groups in total. The molecule has 4 aromatic carbocycles. The van der Waals surface area contributed by atoms with Crippen molar-refractivity contribution in [3.63, 3.8) is 0 Å². The normalized spacial score (nSPS) is 35.1. The minimum atomic E-state index is -1.74. The van der Waals surface area contributed by atoms with Gasteiger partial charge in [0.2, 0.25) is 18.9 Å². The second kappa shape index (κ2) is 20.4. The van der Waals surface area contributed by atoms with Crippen molar-refractivity contribution in [2.45, 2.75) is 117 Å². The van der Waals surface area contributed by atoms with E-state index >= 15 is 0 Å². The molecule has 0 aliphatic carbocycles. The first kappa shape index (κ1) is 48.5. The van der Waals surface area contributed by atoms with Crippen LogP contribution in [-0.4, -0.2) is 183 Å². The summed E-state index contributed by atoms with van der Waals surface area (Å²) in [6.45, 7) is -1.97. The van der Waals surface area contributed by atoms with Crippen LogP contribution in [-0.2, 0) is 27.1 Å². The van der Waals surface area contributed by atoms with Crippen molar-refractivity contribution in [2.24, 2.45) is 0 Å². The molecule has 0 spiro atoms. The van der Waals surface area contributed by atoms with Crippen LogP contribution >= 0.6 is 0 Å². The molecule has 0 saturated carbocycles. The van der Waals surface area contributed by atoms with Gasteiger partial charge in [0.15, 0.2) is 0 Å². The monoisotopic (exact) mass is 942 g/mol. The summed E-state index contributed by atoms with van der Waals surface area (Å²) in [4.78, 5) is 0. The lowest BCUT2D eigenvalue weighted by Gasteiger charge is -2.39. The summed E-state index contributed by atoms with van der Waals surface area (Å²) in [6.07, 6.45) is -23.1. The number of fused-ring (bicyclic) bond motifs is 1. The second-order valence-electron chi connectivity index (χ2n) is 17.0. The highest BCUT2D eigenvalue weighted by Gasteiger charge is 2.48. The maximum Gasteiger partial charge on any atom is 0.229 e. The molecular formula is C46H54O21. The van der Waals surface area contributed by atoms with E-state index in [1.54, 1.807) is 54.6 Å². The molecule has 67 heavy (non-hydrogen) atoms. The lowest BCUT2D eigenvalue weighted by molar-refractivity contribution is -0.277. The summed E-state index contributed by atoms with van der Waals surface area (Å²) < 4.78 is 41.0. The van der Waals surface area contributed by atoms with E-state index in [1.165, 1.54) is 24.3 Å². The molecule has 0 amide bonds. The van der Waals surface area contributed by atoms with Crippen LogP contribution in [0.5, 0.6) is 34.5 Å². The average Bonchev–Trinajstić information content (AvgIpc) is 3.71. The molecule has 17 unspecified atom stereocenters. The average molecular weight is 943 g/mol. The third kappa shape index (κ3) is 9.99. The van der Waals surface area contributed by atoms with Gasteiger partial charge in [-0.3, -0.25) is 0 Å². The van der Waals surface area contributed by atoms with Crippen molar-refractivity contribution in [1.82, 2.24) is 0 Å². The second-order valence-corrected chi connectivity index (χ2v) is 17.0. The Morgan fingerprint density at radius 3 is 1.31 bits per heavy atom. The predicted octanol–water partition coefficient (Wildman–Crippen LogP) is -2.32. The Balaban J connectivity index is 1.11. The molecule has 4 heterocycles. The molecule has 4 aromatic rings. The quantitative estimate of drug-likeness (QED) is 0.0631. The van der Waals surface area contributed by atoms with E-state index < -0.39 is 124 Å². The van der Waals surface area contributed by atoms with Crippen LogP contribution in [0.25, 0.3) is 0 Å². The standard InChI is InChI=1S/C46H54O21/c47-16-29-34(52)37(55)40(58)44(65-29)61-25-7-2-19(3-8-25)1-4-21-13-27(63-46-42(60)39(57)36(54)31(18-49)67-46)15-28-32(21)33(22-11-23(50)14-24(51)12-22)43(64-28)20-5-9-26(10-6-20)62-45-41(59)38(56)35(53)30(17-48)66-45/h2-3,5-15,29-31,33-60H,1,4,16-18H2. The lowest BCUT2D eigenvalue weighted by atomic mass is 9.81. The molecular weight excluding hydrogens is 888 g/mol. The van der Waals surface area contributed by atoms with Crippen molar-refractivity contribution < 1.29 is 105 Å². The Bertz CT molecular complexity index is 2260. The molecule has 0 aromatic heterocycles. The Kier molecular flexibility index (Phi) is 14.7. The first-order valence-corrected chi connectivity index (χ1v) is 21.6. The third-order valence-corrected chi connectivity index (χ3v) is 12.5. The molecule has 3 fully saturated rings. The van der Waals surface area contributed by atoms with Crippen LogP contribution in [0.15, 0.2) is 78.9 Å². The number of benzene rings is 4. The number of aliphatic hydroxyl groups is 12. The van der Waals surface area contributed by atoms with E-state index in [0.29, 0.717) is 28.7 Å². The zero-order chi connectivity index (χ0) is 47.8. The number of hydrogen-bond acceptors (Lipinski definition) is 21. The first-order valence-electron chi connectivity index (χ1n) is 21.6. The van der Waals surface area contributed by atoms with Crippen LogP contribution in [0.3, 0.4) is 0 Å². The number of phenolic OH excluding ortho intramolecular Hbond substituents is 2. The molecule has 21 heteroatoms. The zero-order valence-electron chi connectivity index (χ0n) is 35.5. The summed E-state index contributed by atoms with van der Waals surface area (Å²) in [6, 6.07) is 20.4. The molecule has 0 radical (unpaired) electrons. The van der Waals surface area contributed by atoms with Gasteiger partial charge in [0, 0.05) is 17.7 Å². The number of phenols is 2. The topological polar surface area (TPSA) is 348 Å². The van der Waals surface area contributed by atoms with Crippen LogP contribution in [0.2, 0.25) is 0 Å². The zero-order valence-corrected chi connectivity index (χ0v) is 35.5. The van der Waals surface area contributed by atoms with Gasteiger partial charge in [-0.15, -0.1) is 0 Å². The minimum Gasteiger partial charge on any atom is -0.508 e. The van der Waals surface area contributed by atoms with Crippen molar-refractivity contribution in [3.8, 4) is 34.5 Å². The molecule has 4 aliphatic rings. The van der Waals surface area contributed by atoms with E-state index in [-0.39, 0.29) is 40.9 Å². The highest BCUT2D eigenvalue weighted by molar-refractivity contribution is 5.58. The molecule has 364 valence electrons. The molecule has 8 rings (SSSR count). The van der Waals surface area contributed by atoms with Gasteiger partial charge < -0.3 is 105 Å². The Morgan fingerprint density at radius 1 is 0.433 bits per heavy atom. The van der Waals surface area contributed by atoms with Gasteiger partial charge in [-0.25, -0.2) is 0 Å². The summed E-state index contributed by atoms with van der Waals surface area (Å²) in [5, 5.41) is 144. The fraction of sp³-hybridized carbons (Fsp3) is 0.478. The number of aromatic hydroxyl groups is 2. The smallest absolute Gasteiger partial charge is 0.229 e. The Labute approximate surface area is 382 Å². The van der Waals surface area contributed by atoms with Gasteiger partial charge in [-0.2, -0.15) is 0 Å². The number of hydrogen-bond donors (Lipinski definition) is 14. The molecule has 3 saturated heterocycles. The summed E-state index contributed by atoms with van der Waals surface area (Å²) in [5.74, 6) is -0.399. The Morgan fingerprint density at radius 2 is 0.866 bits per heavy atom. The fourth-order valence-corrected chi connectivity index (χ4v) is 8.78. The number of aliphatic hydroxyl groups excluding tert-OH is 12. The van der Waals surface area contributed by atoms with Crippen LogP contribution in [0.4, 0.5) is 0 Å². The van der Waals surface area contributed by atoms with E-state index in [1.807, 2.05) is 0 Å². The maximum absolute atomic E-state index is 10.9. The van der Waals surface area contributed by atoms with Crippen molar-refractivity contribution >= 4 is 0 Å². The number of aryl methyl sites for hydroxylation is 2. The van der Waals surface area contributed by atoms with E-state index in [0.717, 1.165) is 5.56 Å². The maximum atomic E-state index is 10.9. The SMILES string of the molecule is OCC1OC(Oc2ccc(CCc3cc(OC4OC(CO)C(O)C(O)C4O)cc4c3C(c3cc(O)cc(O)c3)C(c3ccc(OC5OC(CO)C(O)C(O)C5O)cc3)O4)cc2)C(O)C(O)C1O. The Hall–Kier alpha value is -4.92. The molecule has 0 bridgehead atoms. The van der Waals surface area contributed by atoms with Gasteiger partial charge in [0.25, 0.3) is 0 Å². The van der Waals surface area contributed by atoms with E-state index in [9.17, 15) is 71.5 Å². The summed E-state index contributed by atoms with van der Waals surface area (Å²) in [7, 11) is 0. The predicted molar refractivity (Wildman–Crippen MR) is 225 cm³/mol.